The lowest BCUT2D eigenvalue weighted by atomic mass is 10.1. The molecule has 0 saturated carbocycles. The molecule has 1 unspecified atom stereocenters. The molecular weight excluding hydrogens is 877 g/mol. The summed E-state index contributed by atoms with van der Waals surface area (Å²) in [6.45, 7) is 6.35. The molecule has 0 saturated heterocycles. The lowest BCUT2D eigenvalue weighted by Crippen LogP contribution is -2.30. The van der Waals surface area contributed by atoms with Crippen molar-refractivity contribution in [2.45, 2.75) is 271 Å². The van der Waals surface area contributed by atoms with Crippen molar-refractivity contribution in [1.29, 1.82) is 0 Å². The highest BCUT2D eigenvalue weighted by atomic mass is 16.6. The van der Waals surface area contributed by atoms with Crippen LogP contribution in [0.15, 0.2) is 109 Å². The highest BCUT2D eigenvalue weighted by molar-refractivity contribution is 5.71. The van der Waals surface area contributed by atoms with Crippen LogP contribution < -0.4 is 0 Å². The Morgan fingerprint density at radius 1 is 0.296 bits per heavy atom. The summed E-state index contributed by atoms with van der Waals surface area (Å²) < 4.78 is 16.8. The first-order valence-electron chi connectivity index (χ1n) is 29.4. The summed E-state index contributed by atoms with van der Waals surface area (Å²) in [5, 5.41) is 0. The highest BCUT2D eigenvalue weighted by Crippen LogP contribution is 2.15. The second kappa shape index (κ2) is 58.6. The molecule has 1 atom stereocenters. The molecular formula is C65H108O6. The van der Waals surface area contributed by atoms with Crippen LogP contribution in [0.2, 0.25) is 0 Å². The van der Waals surface area contributed by atoms with Gasteiger partial charge in [0.2, 0.25) is 0 Å². The van der Waals surface area contributed by atoms with Gasteiger partial charge in [-0.05, 0) is 109 Å². The van der Waals surface area contributed by atoms with E-state index in [1.54, 1.807) is 0 Å². The molecule has 0 spiro atoms. The van der Waals surface area contributed by atoms with E-state index in [2.05, 4.69) is 124 Å². The summed E-state index contributed by atoms with van der Waals surface area (Å²) in [4.78, 5) is 38.2. The third-order valence-corrected chi connectivity index (χ3v) is 12.3. The van der Waals surface area contributed by atoms with E-state index < -0.39 is 6.10 Å². The second-order valence-electron chi connectivity index (χ2n) is 19.1. The van der Waals surface area contributed by atoms with Crippen LogP contribution in [0.4, 0.5) is 0 Å². The summed E-state index contributed by atoms with van der Waals surface area (Å²) in [5.74, 6) is -1.01. The summed E-state index contributed by atoms with van der Waals surface area (Å²) in [6.07, 6.45) is 79.5. The molecule has 404 valence electrons. The van der Waals surface area contributed by atoms with Gasteiger partial charge < -0.3 is 14.2 Å². The molecule has 0 fully saturated rings. The first-order valence-corrected chi connectivity index (χ1v) is 29.4. The van der Waals surface area contributed by atoms with Crippen molar-refractivity contribution in [2.75, 3.05) is 13.2 Å². The first kappa shape index (κ1) is 67.1. The summed E-state index contributed by atoms with van der Waals surface area (Å²) in [7, 11) is 0. The van der Waals surface area contributed by atoms with Gasteiger partial charge in [0.05, 0.1) is 0 Å². The van der Waals surface area contributed by atoms with Crippen molar-refractivity contribution >= 4 is 17.9 Å². The number of hydrogen-bond donors (Lipinski definition) is 0. The Balaban J connectivity index is 4.49. The standard InChI is InChI=1S/C65H108O6/c1-4-7-10-13-16-19-22-25-28-31-33-35-37-40-43-46-49-52-55-58-64(67)70-61-62(60-69-63(66)57-54-51-48-45-42-39-36-30-27-24-21-18-15-12-9-6-3)71-65(68)59-56-53-50-47-44-41-38-34-32-29-26-23-20-17-14-11-8-5-2/h7,9-10,12,16,18-19,21,25,27-28,30,34,38-39,42,48,51,62H,4-6,8,11,13-15,17,20,22-24,26,29,31-33,35-37,40-41,43-47,49-50,52-61H2,1-3H3/b10-7-,12-9-,19-16-,21-18-,28-25-,30-27-,38-34-,42-39-,51-48-. The van der Waals surface area contributed by atoms with Gasteiger partial charge in [-0.25, -0.2) is 0 Å². The van der Waals surface area contributed by atoms with Crippen LogP contribution in [0.3, 0.4) is 0 Å². The minimum atomic E-state index is -0.817. The van der Waals surface area contributed by atoms with E-state index in [1.165, 1.54) is 116 Å². The van der Waals surface area contributed by atoms with Crippen LogP contribution in [-0.4, -0.2) is 37.2 Å². The average Bonchev–Trinajstić information content (AvgIpc) is 3.37. The number of ether oxygens (including phenoxy) is 3. The van der Waals surface area contributed by atoms with Crippen molar-refractivity contribution < 1.29 is 28.6 Å². The normalized spacial score (nSPS) is 12.9. The van der Waals surface area contributed by atoms with Crippen molar-refractivity contribution in [3.8, 4) is 0 Å². The fourth-order valence-corrected chi connectivity index (χ4v) is 7.91. The van der Waals surface area contributed by atoms with E-state index in [-0.39, 0.29) is 37.5 Å². The van der Waals surface area contributed by atoms with E-state index in [0.717, 1.165) is 103 Å². The topological polar surface area (TPSA) is 78.9 Å². The number of unbranched alkanes of at least 4 members (excludes halogenated alkanes) is 23. The highest BCUT2D eigenvalue weighted by Gasteiger charge is 2.19. The van der Waals surface area contributed by atoms with Crippen LogP contribution in [0.5, 0.6) is 0 Å². The van der Waals surface area contributed by atoms with Gasteiger partial charge in [0, 0.05) is 19.3 Å². The van der Waals surface area contributed by atoms with Crippen molar-refractivity contribution in [2.24, 2.45) is 0 Å². The monoisotopic (exact) mass is 985 g/mol. The van der Waals surface area contributed by atoms with Gasteiger partial charge in [0.15, 0.2) is 6.10 Å². The number of carbonyl (C=O) groups is 3. The molecule has 6 nitrogen and oxygen atoms in total. The lowest BCUT2D eigenvalue weighted by molar-refractivity contribution is -0.166. The molecule has 0 aliphatic rings. The Bertz CT molecular complexity index is 1460. The minimum Gasteiger partial charge on any atom is -0.462 e. The van der Waals surface area contributed by atoms with Gasteiger partial charge in [-0.1, -0.05) is 246 Å². The molecule has 6 heteroatoms. The summed E-state index contributed by atoms with van der Waals surface area (Å²) in [6, 6.07) is 0. The molecule has 0 rings (SSSR count). The minimum absolute atomic E-state index is 0.108. The first-order chi connectivity index (χ1) is 35.0. The van der Waals surface area contributed by atoms with E-state index in [4.69, 9.17) is 14.2 Å². The molecule has 0 radical (unpaired) electrons. The molecule has 0 aliphatic carbocycles. The van der Waals surface area contributed by atoms with Crippen LogP contribution in [0, 0.1) is 0 Å². The maximum Gasteiger partial charge on any atom is 0.306 e. The van der Waals surface area contributed by atoms with Crippen LogP contribution in [-0.2, 0) is 28.6 Å². The third kappa shape index (κ3) is 56.9. The Kier molecular flexibility index (Phi) is 55.4. The number of esters is 3. The van der Waals surface area contributed by atoms with E-state index in [9.17, 15) is 14.4 Å². The molecule has 71 heavy (non-hydrogen) atoms. The predicted molar refractivity (Wildman–Crippen MR) is 307 cm³/mol. The predicted octanol–water partition coefficient (Wildman–Crippen LogP) is 19.9. The zero-order valence-corrected chi connectivity index (χ0v) is 46.2. The molecule has 0 N–H and O–H groups in total. The van der Waals surface area contributed by atoms with Gasteiger partial charge in [-0.3, -0.25) is 14.4 Å². The largest absolute Gasteiger partial charge is 0.462 e. The van der Waals surface area contributed by atoms with Gasteiger partial charge >= 0.3 is 17.9 Å². The van der Waals surface area contributed by atoms with Crippen molar-refractivity contribution in [3.63, 3.8) is 0 Å². The van der Waals surface area contributed by atoms with Gasteiger partial charge in [0.25, 0.3) is 0 Å². The maximum absolute atomic E-state index is 12.9. The van der Waals surface area contributed by atoms with Gasteiger partial charge in [0.1, 0.15) is 13.2 Å². The van der Waals surface area contributed by atoms with Gasteiger partial charge in [-0.15, -0.1) is 0 Å². The summed E-state index contributed by atoms with van der Waals surface area (Å²) >= 11 is 0. The molecule has 0 aromatic heterocycles. The molecule has 0 amide bonds. The number of rotatable bonds is 52. The van der Waals surface area contributed by atoms with Gasteiger partial charge in [-0.2, -0.15) is 0 Å². The van der Waals surface area contributed by atoms with E-state index >= 15 is 0 Å². The van der Waals surface area contributed by atoms with Crippen molar-refractivity contribution in [3.05, 3.63) is 109 Å². The van der Waals surface area contributed by atoms with Crippen molar-refractivity contribution in [1.82, 2.24) is 0 Å². The number of hydrogen-bond acceptors (Lipinski definition) is 6. The molecule has 0 aromatic carbocycles. The molecule has 0 heterocycles. The third-order valence-electron chi connectivity index (χ3n) is 12.3. The smallest absolute Gasteiger partial charge is 0.306 e. The maximum atomic E-state index is 12.9. The van der Waals surface area contributed by atoms with E-state index in [0.29, 0.717) is 19.3 Å². The fourth-order valence-electron chi connectivity index (χ4n) is 7.91. The Morgan fingerprint density at radius 2 is 0.577 bits per heavy atom. The molecule has 0 bridgehead atoms. The quantitative estimate of drug-likeness (QED) is 0.0261. The number of carbonyl (C=O) groups excluding carboxylic acids is 3. The lowest BCUT2D eigenvalue weighted by Gasteiger charge is -2.18. The molecule has 0 aromatic rings. The Labute approximate surface area is 438 Å². The Morgan fingerprint density at radius 3 is 0.958 bits per heavy atom. The SMILES string of the molecule is CC/C=C\C/C=C\C/C=C\C/C=C\C/C=C\CCC(=O)OCC(COC(=O)CCCCCCCCCCC/C=C\C/C=C\C/C=C\CC)OC(=O)CCCCCCC/C=C\CCCCCCCCCCC. The molecule has 0 aliphatic heterocycles. The van der Waals surface area contributed by atoms with Crippen LogP contribution in [0.1, 0.15) is 265 Å². The fraction of sp³-hybridized carbons (Fsp3) is 0.677. The Hall–Kier alpha value is -3.93. The number of allylic oxidation sites excluding steroid dienone is 18. The summed E-state index contributed by atoms with van der Waals surface area (Å²) in [5.41, 5.74) is 0. The zero-order valence-electron chi connectivity index (χ0n) is 46.2. The average molecular weight is 986 g/mol. The zero-order chi connectivity index (χ0) is 51.4. The second-order valence-corrected chi connectivity index (χ2v) is 19.1. The van der Waals surface area contributed by atoms with E-state index in [1.807, 2.05) is 6.08 Å². The van der Waals surface area contributed by atoms with Crippen LogP contribution >= 0.6 is 0 Å². The van der Waals surface area contributed by atoms with Crippen LogP contribution in [0.25, 0.3) is 0 Å².